The van der Waals surface area contributed by atoms with Gasteiger partial charge >= 0.3 is 0 Å². The van der Waals surface area contributed by atoms with Crippen molar-refractivity contribution >= 4 is 0 Å². The highest BCUT2D eigenvalue weighted by Crippen LogP contribution is 2.30. The van der Waals surface area contributed by atoms with Crippen LogP contribution < -0.4 is 5.32 Å². The van der Waals surface area contributed by atoms with Crippen LogP contribution in [0, 0.1) is 11.8 Å². The first-order valence-corrected chi connectivity index (χ1v) is 5.57. The van der Waals surface area contributed by atoms with Gasteiger partial charge in [0.2, 0.25) is 0 Å². The fourth-order valence-electron chi connectivity index (χ4n) is 2.19. The average Bonchev–Trinajstić information content (AvgIpc) is 2.49. The van der Waals surface area contributed by atoms with Crippen LogP contribution in [0.3, 0.4) is 0 Å². The summed E-state index contributed by atoms with van der Waals surface area (Å²) >= 11 is 0. The van der Waals surface area contributed by atoms with E-state index in [0.29, 0.717) is 25.0 Å². The van der Waals surface area contributed by atoms with E-state index in [0.717, 1.165) is 13.0 Å². The Kier molecular flexibility index (Phi) is 4.35. The molecule has 2 atom stereocenters. The van der Waals surface area contributed by atoms with Crippen molar-refractivity contribution in [3.63, 3.8) is 0 Å². The van der Waals surface area contributed by atoms with Crippen molar-refractivity contribution < 1.29 is 10.2 Å². The molecule has 3 nitrogen and oxygen atoms in total. The lowest BCUT2D eigenvalue weighted by molar-refractivity contribution is 0.0773. The minimum atomic E-state index is -0.632. The molecule has 1 fully saturated rings. The Hall–Kier alpha value is -0.120. The molecule has 14 heavy (non-hydrogen) atoms. The lowest BCUT2D eigenvalue weighted by Crippen LogP contribution is -2.38. The van der Waals surface area contributed by atoms with Gasteiger partial charge < -0.3 is 15.5 Å². The minimum absolute atomic E-state index is 0.314. The van der Waals surface area contributed by atoms with Gasteiger partial charge in [0.25, 0.3) is 0 Å². The first kappa shape index (κ1) is 12.0. The highest BCUT2D eigenvalue weighted by Gasteiger charge is 2.26. The number of nitrogens with one attached hydrogen (secondary N) is 1. The molecule has 0 aromatic heterocycles. The Morgan fingerprint density at radius 2 is 1.93 bits per heavy atom. The summed E-state index contributed by atoms with van der Waals surface area (Å²) in [7, 11) is 0. The molecule has 0 aromatic carbocycles. The van der Waals surface area contributed by atoms with Crippen molar-refractivity contribution in [2.24, 2.45) is 11.8 Å². The maximum absolute atomic E-state index is 9.50. The summed E-state index contributed by atoms with van der Waals surface area (Å²) in [5.41, 5.74) is -0.632. The molecule has 2 unspecified atom stereocenters. The van der Waals surface area contributed by atoms with E-state index >= 15 is 0 Å². The topological polar surface area (TPSA) is 52.5 Å². The third-order valence-corrected chi connectivity index (χ3v) is 3.02. The Morgan fingerprint density at radius 1 is 1.29 bits per heavy atom. The van der Waals surface area contributed by atoms with Crippen LogP contribution in [0.4, 0.5) is 0 Å². The fourth-order valence-corrected chi connectivity index (χ4v) is 2.19. The normalized spacial score (nSPS) is 28.3. The summed E-state index contributed by atoms with van der Waals surface area (Å²) in [6.45, 7) is 5.47. The molecule has 3 heteroatoms. The van der Waals surface area contributed by atoms with Gasteiger partial charge in [-0.1, -0.05) is 6.42 Å². The molecule has 0 bridgehead atoms. The predicted octanol–water partition coefficient (Wildman–Crippen LogP) is 0.755. The third-order valence-electron chi connectivity index (χ3n) is 3.02. The standard InChI is InChI=1S/C11H23NO2/c1-11(2,14)8-12-6-9-4-3-5-10(9)7-13/h9-10,12-14H,3-8H2,1-2H3. The van der Waals surface area contributed by atoms with Gasteiger partial charge in [-0.15, -0.1) is 0 Å². The lowest BCUT2D eigenvalue weighted by Gasteiger charge is -2.22. The zero-order chi connectivity index (χ0) is 10.6. The SMILES string of the molecule is CC(C)(O)CNCC1CCCC1CO. The van der Waals surface area contributed by atoms with E-state index in [-0.39, 0.29) is 0 Å². The Bertz CT molecular complexity index is 165. The quantitative estimate of drug-likeness (QED) is 0.615. The third kappa shape index (κ3) is 3.95. The van der Waals surface area contributed by atoms with Crippen LogP contribution >= 0.6 is 0 Å². The van der Waals surface area contributed by atoms with Crippen molar-refractivity contribution in [2.45, 2.75) is 38.7 Å². The number of hydrogen-bond acceptors (Lipinski definition) is 3. The van der Waals surface area contributed by atoms with Crippen LogP contribution in [0.15, 0.2) is 0 Å². The maximum atomic E-state index is 9.50. The van der Waals surface area contributed by atoms with Gasteiger partial charge in [0.15, 0.2) is 0 Å². The second-order valence-electron chi connectivity index (χ2n) is 5.08. The van der Waals surface area contributed by atoms with Crippen LogP contribution in [0.1, 0.15) is 33.1 Å². The molecule has 3 N–H and O–H groups in total. The van der Waals surface area contributed by atoms with Crippen molar-refractivity contribution in [3.05, 3.63) is 0 Å². The van der Waals surface area contributed by atoms with Crippen molar-refractivity contribution in [1.29, 1.82) is 0 Å². The molecular weight excluding hydrogens is 178 g/mol. The summed E-state index contributed by atoms with van der Waals surface area (Å²) < 4.78 is 0. The summed E-state index contributed by atoms with van der Waals surface area (Å²) in [5, 5.41) is 21.9. The first-order chi connectivity index (χ1) is 6.53. The van der Waals surface area contributed by atoms with Gasteiger partial charge in [0.05, 0.1) is 5.60 Å². The molecule has 0 spiro atoms. The lowest BCUT2D eigenvalue weighted by atomic mass is 9.97. The van der Waals surface area contributed by atoms with Crippen LogP contribution in [-0.4, -0.2) is 35.5 Å². The van der Waals surface area contributed by atoms with Crippen molar-refractivity contribution in [2.75, 3.05) is 19.7 Å². The van der Waals surface area contributed by atoms with Gasteiger partial charge in [0.1, 0.15) is 0 Å². The molecule has 84 valence electrons. The Labute approximate surface area is 86.5 Å². The molecule has 0 aliphatic heterocycles. The van der Waals surface area contributed by atoms with Gasteiger partial charge in [-0.05, 0) is 45.1 Å². The largest absolute Gasteiger partial charge is 0.396 e. The number of hydrogen-bond donors (Lipinski definition) is 3. The van der Waals surface area contributed by atoms with Crippen molar-refractivity contribution in [3.8, 4) is 0 Å². The second-order valence-corrected chi connectivity index (χ2v) is 5.08. The smallest absolute Gasteiger partial charge is 0.0715 e. The number of aliphatic hydroxyl groups excluding tert-OH is 1. The van der Waals surface area contributed by atoms with E-state index in [1.165, 1.54) is 12.8 Å². The summed E-state index contributed by atoms with van der Waals surface area (Å²) in [6.07, 6.45) is 3.61. The number of rotatable bonds is 5. The van der Waals surface area contributed by atoms with Crippen LogP contribution in [0.5, 0.6) is 0 Å². The van der Waals surface area contributed by atoms with E-state index in [4.69, 9.17) is 5.11 Å². The highest BCUT2D eigenvalue weighted by atomic mass is 16.3. The van der Waals surface area contributed by atoms with Gasteiger partial charge in [-0.3, -0.25) is 0 Å². The summed E-state index contributed by atoms with van der Waals surface area (Å²) in [4.78, 5) is 0. The molecule has 0 heterocycles. The van der Waals surface area contributed by atoms with Crippen LogP contribution in [-0.2, 0) is 0 Å². The highest BCUT2D eigenvalue weighted by molar-refractivity contribution is 4.79. The first-order valence-electron chi connectivity index (χ1n) is 5.57. The molecule has 0 aromatic rings. The Balaban J connectivity index is 2.18. The molecule has 1 rings (SSSR count). The zero-order valence-corrected chi connectivity index (χ0v) is 9.29. The predicted molar refractivity (Wildman–Crippen MR) is 57.1 cm³/mol. The van der Waals surface area contributed by atoms with Gasteiger partial charge in [0, 0.05) is 13.2 Å². The van der Waals surface area contributed by atoms with E-state index < -0.39 is 5.60 Å². The molecule has 0 radical (unpaired) electrons. The van der Waals surface area contributed by atoms with Crippen molar-refractivity contribution in [1.82, 2.24) is 5.32 Å². The Morgan fingerprint density at radius 3 is 2.50 bits per heavy atom. The second kappa shape index (κ2) is 5.10. The molecule has 1 aliphatic carbocycles. The molecular formula is C11H23NO2. The molecule has 1 aliphatic rings. The van der Waals surface area contributed by atoms with Crippen LogP contribution in [0.25, 0.3) is 0 Å². The van der Waals surface area contributed by atoms with Gasteiger partial charge in [-0.2, -0.15) is 0 Å². The average molecular weight is 201 g/mol. The summed E-state index contributed by atoms with van der Waals surface area (Å²) in [6, 6.07) is 0. The monoisotopic (exact) mass is 201 g/mol. The van der Waals surface area contributed by atoms with Crippen LogP contribution in [0.2, 0.25) is 0 Å². The molecule has 0 amide bonds. The minimum Gasteiger partial charge on any atom is -0.396 e. The van der Waals surface area contributed by atoms with E-state index in [9.17, 15) is 5.11 Å². The van der Waals surface area contributed by atoms with Gasteiger partial charge in [-0.25, -0.2) is 0 Å². The van der Waals surface area contributed by atoms with E-state index in [2.05, 4.69) is 5.32 Å². The maximum Gasteiger partial charge on any atom is 0.0715 e. The number of aliphatic hydroxyl groups is 2. The summed E-state index contributed by atoms with van der Waals surface area (Å²) in [5.74, 6) is 1.08. The molecule has 0 saturated heterocycles. The zero-order valence-electron chi connectivity index (χ0n) is 9.29. The molecule has 1 saturated carbocycles. The van der Waals surface area contributed by atoms with E-state index in [1.807, 2.05) is 0 Å². The fraction of sp³-hybridized carbons (Fsp3) is 1.00. The van der Waals surface area contributed by atoms with E-state index in [1.54, 1.807) is 13.8 Å².